The third-order valence-electron chi connectivity index (χ3n) is 6.10. The van der Waals surface area contributed by atoms with E-state index in [4.69, 9.17) is 0 Å². The number of nitrogens with zero attached hydrogens (tertiary/aromatic N) is 4. The van der Waals surface area contributed by atoms with Gasteiger partial charge in [-0.25, -0.2) is 4.98 Å². The van der Waals surface area contributed by atoms with E-state index >= 15 is 0 Å². The number of hydrogen-bond acceptors (Lipinski definition) is 4. The summed E-state index contributed by atoms with van der Waals surface area (Å²) in [6, 6.07) is 11.1. The van der Waals surface area contributed by atoms with Crippen LogP contribution in [0.5, 0.6) is 0 Å². The van der Waals surface area contributed by atoms with Crippen LogP contribution in [0.4, 0.5) is 13.2 Å². The number of pyridine rings is 2. The Balaban J connectivity index is 1.60. The standard InChI is InChI=1S/C24H21F3N4OS/c1-3-31-22-18(11-17(23(31)32)24(25,26)27)29-21(30(22)2)20-19(33)10-16(12-28-20)15-8-6-14(7-9-15)13-4-5-13/h6-13,33H,3-5H2,1-2H3. The van der Waals surface area contributed by atoms with Gasteiger partial charge in [0.25, 0.3) is 5.56 Å². The highest BCUT2D eigenvalue weighted by molar-refractivity contribution is 7.80. The highest BCUT2D eigenvalue weighted by Crippen LogP contribution is 2.40. The molecule has 1 aliphatic rings. The molecule has 1 fully saturated rings. The van der Waals surface area contributed by atoms with Gasteiger partial charge in [0.2, 0.25) is 0 Å². The third kappa shape index (κ3) is 3.74. The summed E-state index contributed by atoms with van der Waals surface area (Å²) in [6.07, 6.45) is -0.576. The molecule has 3 aromatic heterocycles. The maximum atomic E-state index is 13.4. The van der Waals surface area contributed by atoms with Crippen molar-refractivity contribution in [3.8, 4) is 22.6 Å². The van der Waals surface area contributed by atoms with Crippen LogP contribution in [0.2, 0.25) is 0 Å². The molecule has 4 aromatic rings. The number of aromatic nitrogens is 4. The lowest BCUT2D eigenvalue weighted by Crippen LogP contribution is -2.29. The van der Waals surface area contributed by atoms with Crippen LogP contribution in [0.15, 0.2) is 52.3 Å². The van der Waals surface area contributed by atoms with Crippen molar-refractivity contribution in [2.75, 3.05) is 0 Å². The number of halogens is 3. The summed E-state index contributed by atoms with van der Waals surface area (Å²) in [6.45, 7) is 1.70. The monoisotopic (exact) mass is 470 g/mol. The first kappa shape index (κ1) is 21.8. The molecule has 5 nitrogen and oxygen atoms in total. The van der Waals surface area contributed by atoms with Crippen molar-refractivity contribution >= 4 is 23.8 Å². The maximum absolute atomic E-state index is 13.4. The molecule has 3 heterocycles. The van der Waals surface area contributed by atoms with Crippen LogP contribution in [0.1, 0.15) is 36.8 Å². The molecule has 0 amide bonds. The summed E-state index contributed by atoms with van der Waals surface area (Å²) >= 11 is 4.59. The molecule has 5 rings (SSSR count). The van der Waals surface area contributed by atoms with Gasteiger partial charge < -0.3 is 4.57 Å². The van der Waals surface area contributed by atoms with Crippen molar-refractivity contribution in [1.29, 1.82) is 0 Å². The summed E-state index contributed by atoms with van der Waals surface area (Å²) in [5.74, 6) is 1.02. The minimum atomic E-state index is -4.76. The lowest BCUT2D eigenvalue weighted by atomic mass is 10.0. The Hall–Kier alpha value is -3.07. The van der Waals surface area contributed by atoms with Gasteiger partial charge in [0.15, 0.2) is 5.82 Å². The molecular formula is C24H21F3N4OS. The van der Waals surface area contributed by atoms with Gasteiger partial charge >= 0.3 is 6.18 Å². The maximum Gasteiger partial charge on any atom is 0.421 e. The van der Waals surface area contributed by atoms with Crippen LogP contribution in [0, 0.1) is 0 Å². The van der Waals surface area contributed by atoms with Gasteiger partial charge in [-0.05, 0) is 48.9 Å². The number of alkyl halides is 3. The van der Waals surface area contributed by atoms with E-state index in [2.05, 4.69) is 46.9 Å². The second kappa shape index (κ2) is 7.76. The van der Waals surface area contributed by atoms with Crippen molar-refractivity contribution in [3.63, 3.8) is 0 Å². The van der Waals surface area contributed by atoms with Gasteiger partial charge in [-0.3, -0.25) is 14.3 Å². The predicted molar refractivity (Wildman–Crippen MR) is 124 cm³/mol. The van der Waals surface area contributed by atoms with Crippen LogP contribution < -0.4 is 5.56 Å². The van der Waals surface area contributed by atoms with Crippen molar-refractivity contribution in [2.45, 2.75) is 43.3 Å². The molecule has 0 spiro atoms. The lowest BCUT2D eigenvalue weighted by molar-refractivity contribution is -0.138. The molecule has 0 N–H and O–H groups in total. The predicted octanol–water partition coefficient (Wildman–Crippen LogP) is 5.67. The van der Waals surface area contributed by atoms with Crippen molar-refractivity contribution in [2.24, 2.45) is 7.05 Å². The minimum absolute atomic E-state index is 0.0785. The topological polar surface area (TPSA) is 52.7 Å². The fraction of sp³-hybridized carbons (Fsp3) is 0.292. The van der Waals surface area contributed by atoms with Crippen molar-refractivity contribution in [3.05, 3.63) is 64.1 Å². The summed E-state index contributed by atoms with van der Waals surface area (Å²) in [5, 5.41) is 0. The zero-order chi connectivity index (χ0) is 23.5. The molecule has 33 heavy (non-hydrogen) atoms. The number of rotatable bonds is 4. The molecule has 0 bridgehead atoms. The number of aryl methyl sites for hydroxylation is 2. The van der Waals surface area contributed by atoms with Gasteiger partial charge in [0.05, 0.1) is 0 Å². The Labute approximate surface area is 193 Å². The van der Waals surface area contributed by atoms with Gasteiger partial charge in [-0.2, -0.15) is 13.2 Å². The number of thiol groups is 1. The van der Waals surface area contributed by atoms with Gasteiger partial charge in [-0.1, -0.05) is 24.3 Å². The van der Waals surface area contributed by atoms with Gasteiger partial charge in [-0.15, -0.1) is 12.6 Å². The molecule has 1 aromatic carbocycles. The zero-order valence-corrected chi connectivity index (χ0v) is 18.9. The SMILES string of the molecule is CCn1c(=O)c(C(F)(F)F)cc2nc(-c3ncc(-c4ccc(C5CC5)cc4)cc3S)n(C)c21. The Morgan fingerprint density at radius 2 is 1.82 bits per heavy atom. The summed E-state index contributed by atoms with van der Waals surface area (Å²) in [4.78, 5) is 21.9. The average Bonchev–Trinajstić information content (AvgIpc) is 3.57. The Morgan fingerprint density at radius 3 is 2.39 bits per heavy atom. The zero-order valence-electron chi connectivity index (χ0n) is 18.0. The fourth-order valence-electron chi connectivity index (χ4n) is 4.22. The highest BCUT2D eigenvalue weighted by atomic mass is 32.1. The van der Waals surface area contributed by atoms with Gasteiger partial charge in [0, 0.05) is 30.2 Å². The van der Waals surface area contributed by atoms with Crippen LogP contribution in [0.3, 0.4) is 0 Å². The third-order valence-corrected chi connectivity index (χ3v) is 6.44. The molecule has 1 saturated carbocycles. The summed E-state index contributed by atoms with van der Waals surface area (Å²) in [7, 11) is 1.66. The van der Waals surface area contributed by atoms with E-state index in [1.165, 1.54) is 18.4 Å². The molecule has 9 heteroatoms. The number of benzene rings is 1. The van der Waals surface area contributed by atoms with Crippen LogP contribution in [-0.2, 0) is 19.8 Å². The summed E-state index contributed by atoms with van der Waals surface area (Å²) < 4.78 is 42.9. The largest absolute Gasteiger partial charge is 0.421 e. The van der Waals surface area contributed by atoms with E-state index in [1.54, 1.807) is 24.7 Å². The first-order chi connectivity index (χ1) is 15.7. The highest BCUT2D eigenvalue weighted by Gasteiger charge is 2.36. The molecule has 170 valence electrons. The van der Waals surface area contributed by atoms with Crippen LogP contribution in [-0.4, -0.2) is 19.1 Å². The molecule has 0 unspecified atom stereocenters. The minimum Gasteiger partial charge on any atom is -0.312 e. The molecule has 0 atom stereocenters. The van der Waals surface area contributed by atoms with Crippen LogP contribution >= 0.6 is 12.6 Å². The second-order valence-corrected chi connectivity index (χ2v) is 8.78. The number of hydrogen-bond donors (Lipinski definition) is 1. The van der Waals surface area contributed by atoms with Crippen molar-refractivity contribution in [1.82, 2.24) is 19.1 Å². The Morgan fingerprint density at radius 1 is 1.12 bits per heavy atom. The fourth-order valence-corrected chi connectivity index (χ4v) is 4.52. The summed E-state index contributed by atoms with van der Waals surface area (Å²) in [5.41, 5.74) is 1.73. The molecule has 0 saturated heterocycles. The van der Waals surface area contributed by atoms with Crippen LogP contribution in [0.25, 0.3) is 33.8 Å². The van der Waals surface area contributed by atoms with E-state index in [-0.39, 0.29) is 12.1 Å². The normalized spacial score (nSPS) is 14.2. The number of imidazole rings is 1. The van der Waals surface area contributed by atoms with E-state index in [9.17, 15) is 18.0 Å². The van der Waals surface area contributed by atoms with E-state index in [0.29, 0.717) is 28.0 Å². The molecule has 0 aliphatic heterocycles. The second-order valence-electron chi connectivity index (χ2n) is 8.30. The Bertz CT molecular complexity index is 1430. The van der Waals surface area contributed by atoms with Crippen molar-refractivity contribution < 1.29 is 13.2 Å². The molecule has 1 aliphatic carbocycles. The average molecular weight is 471 g/mol. The molecular weight excluding hydrogens is 449 g/mol. The quantitative estimate of drug-likeness (QED) is 0.391. The van der Waals surface area contributed by atoms with E-state index < -0.39 is 17.3 Å². The van der Waals surface area contributed by atoms with Gasteiger partial charge in [0.1, 0.15) is 22.4 Å². The number of fused-ring (bicyclic) bond motifs is 1. The Kier molecular flexibility index (Phi) is 5.12. The lowest BCUT2D eigenvalue weighted by Gasteiger charge is -2.12. The molecule has 0 radical (unpaired) electrons. The first-order valence-corrected chi connectivity index (χ1v) is 11.1. The first-order valence-electron chi connectivity index (χ1n) is 10.7. The van der Waals surface area contributed by atoms with E-state index in [1.807, 2.05) is 6.07 Å². The smallest absolute Gasteiger partial charge is 0.312 e. The van der Waals surface area contributed by atoms with E-state index in [0.717, 1.165) is 21.8 Å².